The van der Waals surface area contributed by atoms with Gasteiger partial charge in [0.25, 0.3) is 0 Å². The zero-order valence-corrected chi connectivity index (χ0v) is 13.6. The molecule has 5 heteroatoms. The van der Waals surface area contributed by atoms with Crippen LogP contribution in [0, 0.1) is 0 Å². The summed E-state index contributed by atoms with van der Waals surface area (Å²) in [6.07, 6.45) is 0. The number of likely N-dealkylation sites (N-methyl/N-ethyl adjacent to an activating group) is 1. The van der Waals surface area contributed by atoms with E-state index >= 15 is 0 Å². The fraction of sp³-hybridized carbons (Fsp3) is 0.625. The monoisotopic (exact) mass is 296 g/mol. The second-order valence-electron chi connectivity index (χ2n) is 4.62. The highest BCUT2D eigenvalue weighted by molar-refractivity contribution is 5.51. The van der Waals surface area contributed by atoms with Gasteiger partial charge in [0.1, 0.15) is 6.61 Å². The smallest absolute Gasteiger partial charge is 0.203 e. The van der Waals surface area contributed by atoms with Crippen molar-refractivity contribution in [1.82, 2.24) is 10.2 Å². The fourth-order valence-electron chi connectivity index (χ4n) is 2.09. The van der Waals surface area contributed by atoms with Crippen LogP contribution in [0.2, 0.25) is 0 Å². The number of ether oxygens (including phenoxy) is 3. The average molecular weight is 296 g/mol. The summed E-state index contributed by atoms with van der Waals surface area (Å²) in [5.41, 5.74) is 0. The van der Waals surface area contributed by atoms with Crippen molar-refractivity contribution in [2.75, 3.05) is 53.6 Å². The van der Waals surface area contributed by atoms with Gasteiger partial charge in [-0.15, -0.1) is 0 Å². The van der Waals surface area contributed by atoms with E-state index in [4.69, 9.17) is 14.2 Å². The van der Waals surface area contributed by atoms with Crippen molar-refractivity contribution in [2.24, 2.45) is 0 Å². The number of hydrogen-bond donors (Lipinski definition) is 1. The van der Waals surface area contributed by atoms with E-state index in [1.54, 1.807) is 14.2 Å². The zero-order valence-electron chi connectivity index (χ0n) is 13.6. The van der Waals surface area contributed by atoms with Crippen molar-refractivity contribution in [2.45, 2.75) is 13.8 Å². The molecule has 0 saturated heterocycles. The van der Waals surface area contributed by atoms with Crippen molar-refractivity contribution in [1.29, 1.82) is 0 Å². The second kappa shape index (κ2) is 10.3. The van der Waals surface area contributed by atoms with Crippen LogP contribution in [0.25, 0.3) is 0 Å². The highest BCUT2D eigenvalue weighted by atomic mass is 16.5. The number of nitrogens with zero attached hydrogens (tertiary/aromatic N) is 1. The summed E-state index contributed by atoms with van der Waals surface area (Å²) in [5.74, 6) is 2.04. The summed E-state index contributed by atoms with van der Waals surface area (Å²) in [4.78, 5) is 2.39. The molecule has 0 radical (unpaired) electrons. The highest BCUT2D eigenvalue weighted by Gasteiger charge is 2.10. The van der Waals surface area contributed by atoms with E-state index in [-0.39, 0.29) is 0 Å². The first-order valence-electron chi connectivity index (χ1n) is 7.53. The summed E-state index contributed by atoms with van der Waals surface area (Å²) >= 11 is 0. The van der Waals surface area contributed by atoms with Gasteiger partial charge in [0.05, 0.1) is 14.2 Å². The van der Waals surface area contributed by atoms with E-state index in [9.17, 15) is 0 Å². The van der Waals surface area contributed by atoms with Gasteiger partial charge in [0.15, 0.2) is 11.5 Å². The molecular weight excluding hydrogens is 268 g/mol. The Bertz CT molecular complexity index is 373. The molecule has 1 aromatic carbocycles. The Balaban J connectivity index is 2.32. The maximum absolute atomic E-state index is 5.78. The van der Waals surface area contributed by atoms with Crippen molar-refractivity contribution in [3.63, 3.8) is 0 Å². The van der Waals surface area contributed by atoms with Crippen LogP contribution in [0.15, 0.2) is 18.2 Å². The fourth-order valence-corrected chi connectivity index (χ4v) is 2.09. The third kappa shape index (κ3) is 5.81. The highest BCUT2D eigenvalue weighted by Crippen LogP contribution is 2.36. The van der Waals surface area contributed by atoms with Gasteiger partial charge in [-0.25, -0.2) is 0 Å². The zero-order chi connectivity index (χ0) is 15.5. The molecule has 21 heavy (non-hydrogen) atoms. The van der Waals surface area contributed by atoms with E-state index < -0.39 is 0 Å². The third-order valence-corrected chi connectivity index (χ3v) is 3.41. The van der Waals surface area contributed by atoms with Gasteiger partial charge in [-0.05, 0) is 25.2 Å². The van der Waals surface area contributed by atoms with E-state index in [2.05, 4.69) is 24.1 Å². The molecule has 0 heterocycles. The third-order valence-electron chi connectivity index (χ3n) is 3.41. The lowest BCUT2D eigenvalue weighted by atomic mass is 10.3. The van der Waals surface area contributed by atoms with Crippen molar-refractivity contribution < 1.29 is 14.2 Å². The summed E-state index contributed by atoms with van der Waals surface area (Å²) in [6, 6.07) is 5.62. The standard InChI is InChI=1S/C16H28N2O3/c1-5-18(6-2)12-10-17-11-13-21-16-14(19-3)8-7-9-15(16)20-4/h7-9,17H,5-6,10-13H2,1-4H3. The van der Waals surface area contributed by atoms with Gasteiger partial charge in [-0.1, -0.05) is 19.9 Å². The van der Waals surface area contributed by atoms with Gasteiger partial charge in [0, 0.05) is 19.6 Å². The minimum absolute atomic E-state index is 0.578. The summed E-state index contributed by atoms with van der Waals surface area (Å²) in [6.45, 7) is 9.94. The lowest BCUT2D eigenvalue weighted by Gasteiger charge is -2.18. The summed E-state index contributed by atoms with van der Waals surface area (Å²) in [7, 11) is 3.26. The van der Waals surface area contributed by atoms with Crippen LogP contribution in [-0.2, 0) is 0 Å². The topological polar surface area (TPSA) is 43.0 Å². The largest absolute Gasteiger partial charge is 0.493 e. The predicted molar refractivity (Wildman–Crippen MR) is 85.7 cm³/mol. The molecule has 0 unspecified atom stereocenters. The molecule has 1 aromatic rings. The molecule has 0 spiro atoms. The minimum atomic E-state index is 0.578. The number of rotatable bonds is 11. The molecule has 0 aliphatic rings. The Hall–Kier alpha value is -1.46. The summed E-state index contributed by atoms with van der Waals surface area (Å²) in [5, 5.41) is 3.38. The molecule has 0 bridgehead atoms. The first kappa shape index (κ1) is 17.6. The Kier molecular flexibility index (Phi) is 8.62. The molecule has 0 atom stereocenters. The molecule has 5 nitrogen and oxygen atoms in total. The molecule has 0 aliphatic carbocycles. The normalized spacial score (nSPS) is 10.7. The molecule has 1 N–H and O–H groups in total. The van der Waals surface area contributed by atoms with Gasteiger partial charge in [-0.3, -0.25) is 0 Å². The van der Waals surface area contributed by atoms with Crippen molar-refractivity contribution in [3.8, 4) is 17.2 Å². The van der Waals surface area contributed by atoms with Crippen LogP contribution in [0.5, 0.6) is 17.2 Å². The summed E-state index contributed by atoms with van der Waals surface area (Å²) < 4.78 is 16.4. The molecule has 1 rings (SSSR count). The lowest BCUT2D eigenvalue weighted by Crippen LogP contribution is -2.33. The Morgan fingerprint density at radius 3 is 2.14 bits per heavy atom. The minimum Gasteiger partial charge on any atom is -0.493 e. The van der Waals surface area contributed by atoms with Crippen molar-refractivity contribution >= 4 is 0 Å². The Morgan fingerprint density at radius 1 is 1.00 bits per heavy atom. The number of benzene rings is 1. The van der Waals surface area contributed by atoms with Gasteiger partial charge >= 0.3 is 0 Å². The predicted octanol–water partition coefficient (Wildman–Crippen LogP) is 2.01. The van der Waals surface area contributed by atoms with Gasteiger partial charge in [0.2, 0.25) is 5.75 Å². The van der Waals surface area contributed by atoms with E-state index in [1.807, 2.05) is 18.2 Å². The van der Waals surface area contributed by atoms with Gasteiger partial charge < -0.3 is 24.4 Å². The average Bonchev–Trinajstić information content (AvgIpc) is 2.54. The molecule has 0 amide bonds. The van der Waals surface area contributed by atoms with Crippen molar-refractivity contribution in [3.05, 3.63) is 18.2 Å². The molecular formula is C16H28N2O3. The van der Waals surface area contributed by atoms with Crippen LogP contribution < -0.4 is 19.5 Å². The molecule has 120 valence electrons. The van der Waals surface area contributed by atoms with E-state index in [1.165, 1.54) is 0 Å². The van der Waals surface area contributed by atoms with Gasteiger partial charge in [-0.2, -0.15) is 0 Å². The first-order valence-corrected chi connectivity index (χ1v) is 7.53. The molecule has 0 aliphatic heterocycles. The first-order chi connectivity index (χ1) is 10.3. The Morgan fingerprint density at radius 2 is 1.62 bits per heavy atom. The molecule has 0 aromatic heterocycles. The van der Waals surface area contributed by atoms with Crippen LogP contribution in [0.3, 0.4) is 0 Å². The maximum Gasteiger partial charge on any atom is 0.203 e. The SMILES string of the molecule is CCN(CC)CCNCCOc1c(OC)cccc1OC. The van der Waals surface area contributed by atoms with Crippen LogP contribution in [0.1, 0.15) is 13.8 Å². The van der Waals surface area contributed by atoms with E-state index in [0.717, 1.165) is 32.7 Å². The maximum atomic E-state index is 5.78. The second-order valence-corrected chi connectivity index (χ2v) is 4.62. The number of hydrogen-bond acceptors (Lipinski definition) is 5. The lowest BCUT2D eigenvalue weighted by molar-refractivity contribution is 0.265. The van der Waals surface area contributed by atoms with E-state index in [0.29, 0.717) is 23.9 Å². The van der Waals surface area contributed by atoms with Crippen LogP contribution in [0.4, 0.5) is 0 Å². The number of nitrogens with one attached hydrogen (secondary N) is 1. The van der Waals surface area contributed by atoms with Crippen LogP contribution in [-0.4, -0.2) is 58.5 Å². The quantitative estimate of drug-likeness (QED) is 0.633. The molecule has 0 saturated carbocycles. The van der Waals surface area contributed by atoms with Crippen LogP contribution >= 0.6 is 0 Å². The number of methoxy groups -OCH3 is 2. The number of para-hydroxylation sites is 1. The Labute approximate surface area is 128 Å². The molecule has 0 fully saturated rings.